The van der Waals surface area contributed by atoms with Crippen molar-refractivity contribution in [3.8, 4) is 5.75 Å². The molecule has 21 heavy (non-hydrogen) atoms. The number of aromatic carboxylic acids is 1. The summed E-state index contributed by atoms with van der Waals surface area (Å²) in [7, 11) is 0. The molecule has 0 saturated carbocycles. The van der Waals surface area contributed by atoms with Crippen molar-refractivity contribution < 1.29 is 14.6 Å². The number of carboxylic acid groups (broad SMARTS) is 1. The first-order valence-corrected chi connectivity index (χ1v) is 6.97. The molecular formula is C17H19NO3. The molecule has 0 fully saturated rings. The average molecular weight is 285 g/mol. The van der Waals surface area contributed by atoms with Crippen LogP contribution in [-0.4, -0.2) is 30.8 Å². The normalized spacial score (nSPS) is 10.1. The number of hydrogen-bond donors (Lipinski definition) is 1. The van der Waals surface area contributed by atoms with Crippen LogP contribution in [0, 0.1) is 0 Å². The van der Waals surface area contributed by atoms with E-state index in [1.165, 1.54) is 0 Å². The predicted octanol–water partition coefficient (Wildman–Crippen LogP) is 3.29. The van der Waals surface area contributed by atoms with Crippen LogP contribution < -0.4 is 9.64 Å². The first-order valence-electron chi connectivity index (χ1n) is 6.97. The highest BCUT2D eigenvalue weighted by Gasteiger charge is 2.06. The summed E-state index contributed by atoms with van der Waals surface area (Å²) in [4.78, 5) is 13.1. The Hall–Kier alpha value is -2.49. The van der Waals surface area contributed by atoms with E-state index in [9.17, 15) is 4.79 Å². The van der Waals surface area contributed by atoms with Crippen molar-refractivity contribution in [3.63, 3.8) is 0 Å². The topological polar surface area (TPSA) is 49.8 Å². The van der Waals surface area contributed by atoms with Gasteiger partial charge in [-0.2, -0.15) is 0 Å². The average Bonchev–Trinajstić information content (AvgIpc) is 2.53. The van der Waals surface area contributed by atoms with Crippen molar-refractivity contribution in [2.75, 3.05) is 24.6 Å². The molecule has 0 atom stereocenters. The minimum Gasteiger partial charge on any atom is -0.492 e. The van der Waals surface area contributed by atoms with Gasteiger partial charge in [0, 0.05) is 12.2 Å². The first-order chi connectivity index (χ1) is 10.2. The SMILES string of the molecule is CCN(CCOc1cccc(C(=O)O)c1)c1ccccc1. The second-order valence-corrected chi connectivity index (χ2v) is 4.60. The number of para-hydroxylation sites is 1. The van der Waals surface area contributed by atoms with E-state index >= 15 is 0 Å². The molecule has 2 rings (SSSR count). The minimum absolute atomic E-state index is 0.239. The molecule has 0 bridgehead atoms. The Labute approximate surface area is 124 Å². The Morgan fingerprint density at radius 3 is 2.57 bits per heavy atom. The standard InChI is InChI=1S/C17H19NO3/c1-2-18(15-8-4-3-5-9-15)11-12-21-16-10-6-7-14(13-16)17(19)20/h3-10,13H,2,11-12H2,1H3,(H,19,20). The van der Waals surface area contributed by atoms with Gasteiger partial charge in [0.05, 0.1) is 12.1 Å². The fourth-order valence-electron chi connectivity index (χ4n) is 2.10. The molecule has 4 nitrogen and oxygen atoms in total. The summed E-state index contributed by atoms with van der Waals surface area (Å²) in [6, 6.07) is 16.7. The summed E-state index contributed by atoms with van der Waals surface area (Å²) in [5.74, 6) is -0.362. The lowest BCUT2D eigenvalue weighted by Gasteiger charge is -2.23. The Morgan fingerprint density at radius 2 is 1.90 bits per heavy atom. The van der Waals surface area contributed by atoms with Gasteiger partial charge in [0.25, 0.3) is 0 Å². The van der Waals surface area contributed by atoms with Crippen LogP contribution in [-0.2, 0) is 0 Å². The Kier molecular flexibility index (Phi) is 5.21. The third-order valence-electron chi connectivity index (χ3n) is 3.21. The van der Waals surface area contributed by atoms with E-state index in [1.807, 2.05) is 18.2 Å². The monoisotopic (exact) mass is 285 g/mol. The minimum atomic E-state index is -0.945. The van der Waals surface area contributed by atoms with Gasteiger partial charge in [-0.15, -0.1) is 0 Å². The van der Waals surface area contributed by atoms with E-state index in [1.54, 1.807) is 24.3 Å². The molecule has 0 amide bonds. The van der Waals surface area contributed by atoms with Gasteiger partial charge in [0.1, 0.15) is 12.4 Å². The van der Waals surface area contributed by atoms with Crippen LogP contribution in [0.1, 0.15) is 17.3 Å². The van der Waals surface area contributed by atoms with Crippen molar-refractivity contribution in [1.29, 1.82) is 0 Å². The number of benzene rings is 2. The summed E-state index contributed by atoms with van der Waals surface area (Å²) in [6.07, 6.45) is 0. The predicted molar refractivity (Wildman–Crippen MR) is 83.2 cm³/mol. The van der Waals surface area contributed by atoms with E-state index in [2.05, 4.69) is 24.0 Å². The van der Waals surface area contributed by atoms with Crippen LogP contribution in [0.2, 0.25) is 0 Å². The van der Waals surface area contributed by atoms with Crippen LogP contribution in [0.3, 0.4) is 0 Å². The second kappa shape index (κ2) is 7.33. The second-order valence-electron chi connectivity index (χ2n) is 4.60. The van der Waals surface area contributed by atoms with E-state index in [0.29, 0.717) is 12.4 Å². The summed E-state index contributed by atoms with van der Waals surface area (Å²) in [5, 5.41) is 8.95. The van der Waals surface area contributed by atoms with Gasteiger partial charge < -0.3 is 14.7 Å². The lowest BCUT2D eigenvalue weighted by Crippen LogP contribution is -2.27. The number of hydrogen-bond acceptors (Lipinski definition) is 3. The van der Waals surface area contributed by atoms with Gasteiger partial charge in [0.2, 0.25) is 0 Å². The Bertz CT molecular complexity index is 584. The summed E-state index contributed by atoms with van der Waals surface area (Å²) in [6.45, 7) is 4.24. The molecular weight excluding hydrogens is 266 g/mol. The molecule has 0 aliphatic rings. The molecule has 0 aliphatic heterocycles. The summed E-state index contributed by atoms with van der Waals surface area (Å²) < 4.78 is 5.65. The van der Waals surface area contributed by atoms with Crippen LogP contribution in [0.4, 0.5) is 5.69 Å². The lowest BCUT2D eigenvalue weighted by atomic mass is 10.2. The number of nitrogens with zero attached hydrogens (tertiary/aromatic N) is 1. The number of carboxylic acids is 1. The van der Waals surface area contributed by atoms with Gasteiger partial charge >= 0.3 is 5.97 Å². The molecule has 0 unspecified atom stereocenters. The first kappa shape index (κ1) is 14.9. The molecule has 0 spiro atoms. The van der Waals surface area contributed by atoms with Gasteiger partial charge in [0.15, 0.2) is 0 Å². The third kappa shape index (κ3) is 4.24. The molecule has 2 aromatic carbocycles. The van der Waals surface area contributed by atoms with Gasteiger partial charge in [-0.1, -0.05) is 24.3 Å². The highest BCUT2D eigenvalue weighted by atomic mass is 16.5. The molecule has 0 aromatic heterocycles. The van der Waals surface area contributed by atoms with Crippen molar-refractivity contribution in [2.45, 2.75) is 6.92 Å². The van der Waals surface area contributed by atoms with Crippen molar-refractivity contribution >= 4 is 11.7 Å². The fraction of sp³-hybridized carbons (Fsp3) is 0.235. The fourth-order valence-corrected chi connectivity index (χ4v) is 2.10. The van der Waals surface area contributed by atoms with E-state index < -0.39 is 5.97 Å². The molecule has 0 aliphatic carbocycles. The van der Waals surface area contributed by atoms with Crippen molar-refractivity contribution in [1.82, 2.24) is 0 Å². The van der Waals surface area contributed by atoms with Gasteiger partial charge in [-0.05, 0) is 37.3 Å². The number of carbonyl (C=O) groups is 1. The number of likely N-dealkylation sites (N-methyl/N-ethyl adjacent to an activating group) is 1. The van der Waals surface area contributed by atoms with Crippen LogP contribution in [0.5, 0.6) is 5.75 Å². The summed E-state index contributed by atoms with van der Waals surface area (Å²) in [5.41, 5.74) is 1.39. The van der Waals surface area contributed by atoms with Gasteiger partial charge in [-0.3, -0.25) is 0 Å². The number of rotatable bonds is 7. The molecule has 110 valence electrons. The quantitative estimate of drug-likeness (QED) is 0.848. The smallest absolute Gasteiger partial charge is 0.335 e. The largest absolute Gasteiger partial charge is 0.492 e. The molecule has 0 saturated heterocycles. The van der Waals surface area contributed by atoms with E-state index in [4.69, 9.17) is 9.84 Å². The van der Waals surface area contributed by atoms with Gasteiger partial charge in [-0.25, -0.2) is 4.79 Å². The number of anilines is 1. The maximum absolute atomic E-state index is 10.9. The van der Waals surface area contributed by atoms with Crippen molar-refractivity contribution in [2.24, 2.45) is 0 Å². The van der Waals surface area contributed by atoms with E-state index in [0.717, 1.165) is 18.8 Å². The lowest BCUT2D eigenvalue weighted by molar-refractivity contribution is 0.0696. The third-order valence-corrected chi connectivity index (χ3v) is 3.21. The zero-order valence-corrected chi connectivity index (χ0v) is 12.0. The zero-order chi connectivity index (χ0) is 15.1. The zero-order valence-electron chi connectivity index (χ0n) is 12.0. The highest BCUT2D eigenvalue weighted by Crippen LogP contribution is 2.15. The molecule has 2 aromatic rings. The maximum Gasteiger partial charge on any atom is 0.335 e. The van der Waals surface area contributed by atoms with Crippen LogP contribution in [0.25, 0.3) is 0 Å². The Balaban J connectivity index is 1.91. The van der Waals surface area contributed by atoms with Crippen molar-refractivity contribution in [3.05, 3.63) is 60.2 Å². The number of ether oxygens (including phenoxy) is 1. The molecule has 0 radical (unpaired) electrons. The molecule has 0 heterocycles. The van der Waals surface area contributed by atoms with Crippen LogP contribution >= 0.6 is 0 Å². The highest BCUT2D eigenvalue weighted by molar-refractivity contribution is 5.87. The summed E-state index contributed by atoms with van der Waals surface area (Å²) >= 11 is 0. The Morgan fingerprint density at radius 1 is 1.14 bits per heavy atom. The van der Waals surface area contributed by atoms with Crippen LogP contribution in [0.15, 0.2) is 54.6 Å². The molecule has 1 N–H and O–H groups in total. The molecule has 4 heteroatoms. The van der Waals surface area contributed by atoms with E-state index in [-0.39, 0.29) is 5.56 Å². The maximum atomic E-state index is 10.9.